The maximum absolute atomic E-state index is 5.42. The van der Waals surface area contributed by atoms with E-state index in [9.17, 15) is 0 Å². The topological polar surface area (TPSA) is 21.3 Å². The zero-order chi connectivity index (χ0) is 11.1. The van der Waals surface area contributed by atoms with Crippen LogP contribution >= 0.6 is 11.8 Å². The predicted molar refractivity (Wildman–Crippen MR) is 68.6 cm³/mol. The van der Waals surface area contributed by atoms with Crippen molar-refractivity contribution >= 4 is 11.8 Å². The Hall–Kier alpha value is 0.270. The number of nitrogens with one attached hydrogen (secondary N) is 1. The van der Waals surface area contributed by atoms with Crippen LogP contribution in [-0.2, 0) is 4.74 Å². The molecule has 0 bridgehead atoms. The summed E-state index contributed by atoms with van der Waals surface area (Å²) in [6.07, 6.45) is 7.69. The fraction of sp³-hybridized carbons (Fsp3) is 1.00. The highest BCUT2D eigenvalue weighted by Gasteiger charge is 2.21. The van der Waals surface area contributed by atoms with Crippen molar-refractivity contribution in [3.05, 3.63) is 0 Å². The Bertz CT molecular complexity index is 166. The van der Waals surface area contributed by atoms with E-state index in [1.165, 1.54) is 25.7 Å². The van der Waals surface area contributed by atoms with Crippen LogP contribution in [0, 0.1) is 0 Å². The van der Waals surface area contributed by atoms with Gasteiger partial charge in [0.15, 0.2) is 0 Å². The molecule has 0 saturated heterocycles. The number of hydrogen-bond donors (Lipinski definition) is 1. The molecule has 1 fully saturated rings. The van der Waals surface area contributed by atoms with Crippen LogP contribution in [0.1, 0.15) is 39.5 Å². The standard InChI is InChI=1S/C12H25NOS/c1-4-14-9-10(2)13-11-6-5-7-12(8-11)15-3/h10-13H,4-9H2,1-3H3. The van der Waals surface area contributed by atoms with E-state index in [4.69, 9.17) is 4.74 Å². The highest BCUT2D eigenvalue weighted by Crippen LogP contribution is 2.27. The smallest absolute Gasteiger partial charge is 0.0616 e. The molecule has 0 aliphatic heterocycles. The molecule has 0 radical (unpaired) electrons. The summed E-state index contributed by atoms with van der Waals surface area (Å²) in [7, 11) is 0. The van der Waals surface area contributed by atoms with Gasteiger partial charge in [0.2, 0.25) is 0 Å². The van der Waals surface area contributed by atoms with Crippen LogP contribution in [0.5, 0.6) is 0 Å². The summed E-state index contributed by atoms with van der Waals surface area (Å²) in [6.45, 7) is 5.94. The van der Waals surface area contributed by atoms with E-state index in [0.29, 0.717) is 12.1 Å². The molecular weight excluding hydrogens is 206 g/mol. The number of hydrogen-bond acceptors (Lipinski definition) is 3. The van der Waals surface area contributed by atoms with Crippen molar-refractivity contribution < 1.29 is 4.74 Å². The largest absolute Gasteiger partial charge is 0.380 e. The fourth-order valence-electron chi connectivity index (χ4n) is 2.26. The average molecular weight is 231 g/mol. The highest BCUT2D eigenvalue weighted by molar-refractivity contribution is 7.99. The van der Waals surface area contributed by atoms with Crippen LogP contribution in [0.3, 0.4) is 0 Å². The molecule has 90 valence electrons. The zero-order valence-electron chi connectivity index (χ0n) is 10.3. The summed E-state index contributed by atoms with van der Waals surface area (Å²) in [4.78, 5) is 0. The molecule has 1 saturated carbocycles. The first-order chi connectivity index (χ1) is 7.26. The van der Waals surface area contributed by atoms with Gasteiger partial charge in [0.1, 0.15) is 0 Å². The second-order valence-corrected chi connectivity index (χ2v) is 5.59. The van der Waals surface area contributed by atoms with Crippen LogP contribution in [0.2, 0.25) is 0 Å². The molecule has 0 aromatic carbocycles. The molecular formula is C12H25NOS. The molecule has 15 heavy (non-hydrogen) atoms. The highest BCUT2D eigenvalue weighted by atomic mass is 32.2. The Labute approximate surface area is 98.5 Å². The van der Waals surface area contributed by atoms with Gasteiger partial charge in [-0.3, -0.25) is 0 Å². The van der Waals surface area contributed by atoms with Crippen LogP contribution in [0.25, 0.3) is 0 Å². The predicted octanol–water partition coefficient (Wildman–Crippen LogP) is 2.68. The molecule has 0 heterocycles. The van der Waals surface area contributed by atoms with Crippen molar-refractivity contribution in [2.45, 2.75) is 56.9 Å². The van der Waals surface area contributed by atoms with Gasteiger partial charge in [-0.25, -0.2) is 0 Å². The lowest BCUT2D eigenvalue weighted by molar-refractivity contribution is 0.121. The summed E-state index contributed by atoms with van der Waals surface area (Å²) in [5.74, 6) is 0. The number of thioether (sulfide) groups is 1. The number of rotatable bonds is 6. The van der Waals surface area contributed by atoms with Gasteiger partial charge in [0.05, 0.1) is 6.61 Å². The van der Waals surface area contributed by atoms with E-state index in [1.54, 1.807) is 0 Å². The molecule has 2 nitrogen and oxygen atoms in total. The third-order valence-electron chi connectivity index (χ3n) is 3.05. The van der Waals surface area contributed by atoms with Crippen LogP contribution in [0.4, 0.5) is 0 Å². The fourth-order valence-corrected chi connectivity index (χ4v) is 3.08. The second-order valence-electron chi connectivity index (χ2n) is 4.45. The lowest BCUT2D eigenvalue weighted by Gasteiger charge is -2.31. The summed E-state index contributed by atoms with van der Waals surface area (Å²) >= 11 is 2.02. The Morgan fingerprint density at radius 2 is 2.27 bits per heavy atom. The van der Waals surface area contributed by atoms with Crippen LogP contribution < -0.4 is 5.32 Å². The Morgan fingerprint density at radius 3 is 2.93 bits per heavy atom. The SMILES string of the molecule is CCOCC(C)NC1CCCC(SC)C1. The molecule has 1 aliphatic carbocycles. The van der Waals surface area contributed by atoms with Gasteiger partial charge in [-0.1, -0.05) is 6.42 Å². The molecule has 0 aromatic rings. The van der Waals surface area contributed by atoms with E-state index >= 15 is 0 Å². The maximum atomic E-state index is 5.42. The van der Waals surface area contributed by atoms with Crippen molar-refractivity contribution in [3.8, 4) is 0 Å². The van der Waals surface area contributed by atoms with Gasteiger partial charge in [-0.15, -0.1) is 0 Å². The monoisotopic (exact) mass is 231 g/mol. The first kappa shape index (κ1) is 13.3. The van der Waals surface area contributed by atoms with E-state index in [0.717, 1.165) is 18.5 Å². The van der Waals surface area contributed by atoms with E-state index in [2.05, 4.69) is 25.4 Å². The van der Waals surface area contributed by atoms with E-state index in [1.807, 2.05) is 11.8 Å². The minimum absolute atomic E-state index is 0.496. The van der Waals surface area contributed by atoms with Gasteiger partial charge in [0.25, 0.3) is 0 Å². The minimum atomic E-state index is 0.496. The van der Waals surface area contributed by atoms with Crippen molar-refractivity contribution in [2.24, 2.45) is 0 Å². The average Bonchev–Trinajstić information content (AvgIpc) is 2.26. The van der Waals surface area contributed by atoms with Crippen molar-refractivity contribution in [1.82, 2.24) is 5.32 Å². The van der Waals surface area contributed by atoms with E-state index in [-0.39, 0.29) is 0 Å². The molecule has 1 aliphatic rings. The third kappa shape index (κ3) is 5.23. The Balaban J connectivity index is 2.19. The first-order valence-electron chi connectivity index (χ1n) is 6.12. The molecule has 3 unspecified atom stereocenters. The molecule has 0 amide bonds. The zero-order valence-corrected chi connectivity index (χ0v) is 11.1. The Morgan fingerprint density at radius 1 is 1.47 bits per heavy atom. The van der Waals surface area contributed by atoms with Crippen molar-refractivity contribution in [1.29, 1.82) is 0 Å². The summed E-state index contributed by atoms with van der Waals surface area (Å²) < 4.78 is 5.42. The van der Waals surface area contributed by atoms with Crippen LogP contribution in [-0.4, -0.2) is 36.8 Å². The van der Waals surface area contributed by atoms with Gasteiger partial charge in [-0.2, -0.15) is 11.8 Å². The van der Waals surface area contributed by atoms with Gasteiger partial charge >= 0.3 is 0 Å². The Kier molecular flexibility index (Phi) is 6.69. The van der Waals surface area contributed by atoms with Gasteiger partial charge < -0.3 is 10.1 Å². The molecule has 1 N–H and O–H groups in total. The summed E-state index contributed by atoms with van der Waals surface area (Å²) in [6, 6.07) is 1.21. The third-order valence-corrected chi connectivity index (χ3v) is 4.15. The van der Waals surface area contributed by atoms with Gasteiger partial charge in [0, 0.05) is 23.9 Å². The van der Waals surface area contributed by atoms with Crippen LogP contribution in [0.15, 0.2) is 0 Å². The minimum Gasteiger partial charge on any atom is -0.380 e. The normalized spacial score (nSPS) is 29.0. The molecule has 3 atom stereocenters. The van der Waals surface area contributed by atoms with Crippen molar-refractivity contribution in [2.75, 3.05) is 19.5 Å². The quantitative estimate of drug-likeness (QED) is 0.759. The number of ether oxygens (including phenoxy) is 1. The second kappa shape index (κ2) is 7.53. The summed E-state index contributed by atoms with van der Waals surface area (Å²) in [5.41, 5.74) is 0. The molecule has 0 aromatic heterocycles. The van der Waals surface area contributed by atoms with Gasteiger partial charge in [-0.05, 0) is 39.4 Å². The summed E-state index contributed by atoms with van der Waals surface area (Å²) in [5, 5.41) is 4.55. The molecule has 3 heteroatoms. The maximum Gasteiger partial charge on any atom is 0.0616 e. The van der Waals surface area contributed by atoms with E-state index < -0.39 is 0 Å². The first-order valence-corrected chi connectivity index (χ1v) is 7.41. The molecule has 1 rings (SSSR count). The molecule has 0 spiro atoms. The van der Waals surface area contributed by atoms with Crippen molar-refractivity contribution in [3.63, 3.8) is 0 Å². The lowest BCUT2D eigenvalue weighted by atomic mass is 9.94. The lowest BCUT2D eigenvalue weighted by Crippen LogP contribution is -2.42.